The van der Waals surface area contributed by atoms with E-state index in [9.17, 15) is 4.79 Å². The minimum absolute atomic E-state index is 0.283. The standard InChI is InChI=1S/C14H19N3O2/c1-4-15-14(2,13(18)19-3)10-17-12-8-6-5-7-11(12)9-16-17/h5-9,15H,4,10H2,1-3H3. The molecule has 19 heavy (non-hydrogen) atoms. The van der Waals surface area contributed by atoms with Crippen LogP contribution >= 0.6 is 0 Å². The van der Waals surface area contributed by atoms with Crippen LogP contribution in [0.4, 0.5) is 0 Å². The van der Waals surface area contributed by atoms with Gasteiger partial charge in [0.15, 0.2) is 0 Å². The van der Waals surface area contributed by atoms with Gasteiger partial charge in [-0.15, -0.1) is 0 Å². The quantitative estimate of drug-likeness (QED) is 0.830. The first-order chi connectivity index (χ1) is 9.10. The number of rotatable bonds is 5. The summed E-state index contributed by atoms with van der Waals surface area (Å²) in [5.41, 5.74) is 0.230. The number of fused-ring (bicyclic) bond motifs is 1. The molecule has 0 fully saturated rings. The van der Waals surface area contributed by atoms with Crippen molar-refractivity contribution in [1.82, 2.24) is 15.1 Å². The number of hydrogen-bond donors (Lipinski definition) is 1. The lowest BCUT2D eigenvalue weighted by atomic mass is 10.0. The van der Waals surface area contributed by atoms with E-state index in [4.69, 9.17) is 4.74 Å². The van der Waals surface area contributed by atoms with Gasteiger partial charge in [0.05, 0.1) is 25.4 Å². The van der Waals surface area contributed by atoms with Crippen molar-refractivity contribution in [1.29, 1.82) is 0 Å². The Morgan fingerprint density at radius 2 is 2.21 bits per heavy atom. The van der Waals surface area contributed by atoms with Gasteiger partial charge in [-0.3, -0.25) is 4.68 Å². The Hall–Kier alpha value is -1.88. The number of carbonyl (C=O) groups is 1. The molecule has 1 aromatic carbocycles. The van der Waals surface area contributed by atoms with E-state index in [0.29, 0.717) is 13.1 Å². The molecule has 0 radical (unpaired) electrons. The molecule has 5 heteroatoms. The van der Waals surface area contributed by atoms with Crippen LogP contribution in [-0.2, 0) is 16.1 Å². The zero-order chi connectivity index (χ0) is 13.9. The van der Waals surface area contributed by atoms with Crippen molar-refractivity contribution < 1.29 is 9.53 Å². The number of likely N-dealkylation sites (N-methyl/N-ethyl adjacent to an activating group) is 1. The van der Waals surface area contributed by atoms with Crippen LogP contribution in [0.2, 0.25) is 0 Å². The van der Waals surface area contributed by atoms with Crippen LogP contribution < -0.4 is 5.32 Å². The third kappa shape index (κ3) is 2.61. The molecular weight excluding hydrogens is 242 g/mol. The smallest absolute Gasteiger partial charge is 0.327 e. The van der Waals surface area contributed by atoms with Gasteiger partial charge < -0.3 is 10.1 Å². The molecule has 1 aromatic heterocycles. The predicted octanol–water partition coefficient (Wildman–Crippen LogP) is 1.58. The number of benzene rings is 1. The summed E-state index contributed by atoms with van der Waals surface area (Å²) in [5, 5.41) is 8.59. The summed E-state index contributed by atoms with van der Waals surface area (Å²) in [6.45, 7) is 4.91. The molecule has 0 aliphatic heterocycles. The first-order valence-electron chi connectivity index (χ1n) is 6.34. The van der Waals surface area contributed by atoms with Crippen molar-refractivity contribution in [3.8, 4) is 0 Å². The lowest BCUT2D eigenvalue weighted by Gasteiger charge is -2.27. The normalized spacial score (nSPS) is 14.3. The van der Waals surface area contributed by atoms with Crippen LogP contribution in [0.15, 0.2) is 30.5 Å². The summed E-state index contributed by atoms with van der Waals surface area (Å²) < 4.78 is 6.71. The first kappa shape index (κ1) is 13.5. The molecule has 1 atom stereocenters. The van der Waals surface area contributed by atoms with E-state index in [2.05, 4.69) is 10.4 Å². The number of nitrogens with zero attached hydrogens (tertiary/aromatic N) is 2. The third-order valence-corrected chi connectivity index (χ3v) is 3.22. The molecule has 0 amide bonds. The summed E-state index contributed by atoms with van der Waals surface area (Å²) in [6.07, 6.45) is 1.80. The van der Waals surface area contributed by atoms with E-state index in [1.807, 2.05) is 42.8 Å². The maximum absolute atomic E-state index is 12.0. The van der Waals surface area contributed by atoms with E-state index in [-0.39, 0.29) is 5.97 Å². The lowest BCUT2D eigenvalue weighted by molar-refractivity contribution is -0.148. The largest absolute Gasteiger partial charge is 0.468 e. The average molecular weight is 261 g/mol. The highest BCUT2D eigenvalue weighted by Gasteiger charge is 2.34. The second kappa shape index (κ2) is 5.40. The molecule has 0 spiro atoms. The highest BCUT2D eigenvalue weighted by atomic mass is 16.5. The highest BCUT2D eigenvalue weighted by Crippen LogP contribution is 2.17. The van der Waals surface area contributed by atoms with E-state index in [0.717, 1.165) is 10.9 Å². The van der Waals surface area contributed by atoms with Gasteiger partial charge in [-0.1, -0.05) is 25.1 Å². The first-order valence-corrected chi connectivity index (χ1v) is 6.34. The Balaban J connectivity index is 2.33. The maximum atomic E-state index is 12.0. The van der Waals surface area contributed by atoms with Crippen LogP contribution in [0, 0.1) is 0 Å². The van der Waals surface area contributed by atoms with Gasteiger partial charge in [0.25, 0.3) is 0 Å². The highest BCUT2D eigenvalue weighted by molar-refractivity contribution is 5.81. The van der Waals surface area contributed by atoms with Crippen molar-refractivity contribution in [3.05, 3.63) is 30.5 Å². The Morgan fingerprint density at radius 1 is 1.47 bits per heavy atom. The minimum atomic E-state index is -0.779. The second-order valence-electron chi connectivity index (χ2n) is 4.72. The SMILES string of the molecule is CCNC(C)(Cn1ncc2ccccc21)C(=O)OC. The van der Waals surface area contributed by atoms with Crippen molar-refractivity contribution in [2.75, 3.05) is 13.7 Å². The number of carbonyl (C=O) groups excluding carboxylic acids is 1. The molecule has 2 aromatic rings. The van der Waals surface area contributed by atoms with Gasteiger partial charge in [0, 0.05) is 5.39 Å². The van der Waals surface area contributed by atoms with Gasteiger partial charge in [0.1, 0.15) is 5.54 Å². The Kier molecular flexibility index (Phi) is 3.85. The van der Waals surface area contributed by atoms with Crippen LogP contribution in [0.1, 0.15) is 13.8 Å². The van der Waals surface area contributed by atoms with Gasteiger partial charge in [0.2, 0.25) is 0 Å². The fourth-order valence-corrected chi connectivity index (χ4v) is 2.26. The fourth-order valence-electron chi connectivity index (χ4n) is 2.26. The molecule has 5 nitrogen and oxygen atoms in total. The Labute approximate surface area is 112 Å². The van der Waals surface area contributed by atoms with Crippen LogP contribution in [-0.4, -0.2) is 34.9 Å². The molecule has 1 N–H and O–H groups in total. The van der Waals surface area contributed by atoms with Crippen molar-refractivity contribution in [2.24, 2.45) is 0 Å². The van der Waals surface area contributed by atoms with Crippen molar-refractivity contribution in [3.63, 3.8) is 0 Å². The number of esters is 1. The molecule has 0 bridgehead atoms. The number of methoxy groups -OCH3 is 1. The number of hydrogen-bond acceptors (Lipinski definition) is 4. The zero-order valence-electron chi connectivity index (χ0n) is 11.5. The molecule has 1 heterocycles. The number of aromatic nitrogens is 2. The summed E-state index contributed by atoms with van der Waals surface area (Å²) in [7, 11) is 1.40. The molecule has 1 unspecified atom stereocenters. The molecule has 2 rings (SSSR count). The van der Waals surface area contributed by atoms with Crippen LogP contribution in [0.5, 0.6) is 0 Å². The van der Waals surface area contributed by atoms with E-state index in [1.165, 1.54) is 7.11 Å². The van der Waals surface area contributed by atoms with Crippen LogP contribution in [0.25, 0.3) is 10.9 Å². The van der Waals surface area contributed by atoms with Crippen molar-refractivity contribution in [2.45, 2.75) is 25.9 Å². The minimum Gasteiger partial charge on any atom is -0.468 e. The predicted molar refractivity (Wildman–Crippen MR) is 73.8 cm³/mol. The molecule has 0 aliphatic carbocycles. The number of ether oxygens (including phenoxy) is 1. The van der Waals surface area contributed by atoms with E-state index in [1.54, 1.807) is 6.20 Å². The van der Waals surface area contributed by atoms with Crippen LogP contribution in [0.3, 0.4) is 0 Å². The molecule has 102 valence electrons. The van der Waals surface area contributed by atoms with Gasteiger partial charge >= 0.3 is 5.97 Å². The lowest BCUT2D eigenvalue weighted by Crippen LogP contribution is -2.53. The van der Waals surface area contributed by atoms with Crippen molar-refractivity contribution >= 4 is 16.9 Å². The summed E-state index contributed by atoms with van der Waals surface area (Å²) in [4.78, 5) is 12.0. The summed E-state index contributed by atoms with van der Waals surface area (Å²) >= 11 is 0. The van der Waals surface area contributed by atoms with Gasteiger partial charge in [-0.25, -0.2) is 4.79 Å². The Bertz CT molecular complexity index is 579. The fraction of sp³-hybridized carbons (Fsp3) is 0.429. The Morgan fingerprint density at radius 3 is 2.89 bits per heavy atom. The third-order valence-electron chi connectivity index (χ3n) is 3.22. The molecular formula is C14H19N3O2. The topological polar surface area (TPSA) is 56.2 Å². The molecule has 0 aliphatic rings. The van der Waals surface area contributed by atoms with Gasteiger partial charge in [-0.2, -0.15) is 5.10 Å². The summed E-state index contributed by atoms with van der Waals surface area (Å²) in [6, 6.07) is 7.93. The number of nitrogens with one attached hydrogen (secondary N) is 1. The average Bonchev–Trinajstić information content (AvgIpc) is 2.81. The van der Waals surface area contributed by atoms with Gasteiger partial charge in [-0.05, 0) is 19.5 Å². The maximum Gasteiger partial charge on any atom is 0.327 e. The molecule has 0 saturated heterocycles. The van der Waals surface area contributed by atoms with E-state index < -0.39 is 5.54 Å². The monoisotopic (exact) mass is 261 g/mol. The second-order valence-corrected chi connectivity index (χ2v) is 4.72. The molecule has 0 saturated carbocycles. The zero-order valence-corrected chi connectivity index (χ0v) is 11.5. The van der Waals surface area contributed by atoms with E-state index >= 15 is 0 Å². The summed E-state index contributed by atoms with van der Waals surface area (Å²) in [5.74, 6) is -0.283. The number of para-hydroxylation sites is 1.